The van der Waals surface area contributed by atoms with Gasteiger partial charge in [0.2, 0.25) is 0 Å². The Morgan fingerprint density at radius 3 is 2.38 bits per heavy atom. The van der Waals surface area contributed by atoms with Gasteiger partial charge in [0.1, 0.15) is 4.99 Å². The average molecular weight is 336 g/mol. The molecular weight excluding hydrogens is 320 g/mol. The second-order valence-electron chi connectivity index (χ2n) is 5.25. The van der Waals surface area contributed by atoms with E-state index in [0.717, 1.165) is 11.3 Å². The highest BCUT2D eigenvalue weighted by Gasteiger charge is 2.15. The van der Waals surface area contributed by atoms with Gasteiger partial charge in [-0.15, -0.1) is 5.10 Å². The van der Waals surface area contributed by atoms with Crippen molar-refractivity contribution in [3.8, 4) is 0 Å². The zero-order chi connectivity index (χ0) is 16.9. The minimum absolute atomic E-state index is 0.165. The Kier molecular flexibility index (Phi) is 4.67. The number of carbonyl (C=O) groups excluding carboxylic acids is 1. The lowest BCUT2D eigenvalue weighted by Crippen LogP contribution is -2.14. The van der Waals surface area contributed by atoms with Crippen LogP contribution in [0, 0.1) is 0 Å². The van der Waals surface area contributed by atoms with Crippen molar-refractivity contribution >= 4 is 34.6 Å². The number of thiocarbonyl (C=S) groups is 1. The molecule has 6 heteroatoms. The summed E-state index contributed by atoms with van der Waals surface area (Å²) in [6.07, 6.45) is 1.82. The number of rotatable bonds is 4. The standard InChI is InChI=1S/C18H16N4OS/c19-17-15(18(24)20-14-9-5-2-6-10-14)12-22(21-17)16(23)11-13-7-3-1-4-8-13/h1-10,12H,11H2,(H2,19,21)(H,20,24). The van der Waals surface area contributed by atoms with Crippen molar-refractivity contribution in [2.24, 2.45) is 0 Å². The topological polar surface area (TPSA) is 72.9 Å². The number of nitrogen functional groups attached to an aromatic ring is 1. The molecule has 3 N–H and O–H groups in total. The van der Waals surface area contributed by atoms with Crippen molar-refractivity contribution in [3.63, 3.8) is 0 Å². The predicted molar refractivity (Wildman–Crippen MR) is 99.2 cm³/mol. The molecule has 0 saturated carbocycles. The summed E-state index contributed by atoms with van der Waals surface area (Å²) < 4.78 is 1.25. The smallest absolute Gasteiger partial charge is 0.251 e. The molecule has 0 atom stereocenters. The van der Waals surface area contributed by atoms with E-state index in [4.69, 9.17) is 18.0 Å². The van der Waals surface area contributed by atoms with Crippen molar-refractivity contribution in [1.29, 1.82) is 0 Å². The molecule has 0 fully saturated rings. The van der Waals surface area contributed by atoms with Crippen molar-refractivity contribution in [2.45, 2.75) is 6.42 Å². The first-order chi connectivity index (χ1) is 11.6. The fourth-order valence-corrected chi connectivity index (χ4v) is 2.54. The Hall–Kier alpha value is -2.99. The molecule has 0 aliphatic rings. The van der Waals surface area contributed by atoms with E-state index in [2.05, 4.69) is 10.4 Å². The number of hydrogen-bond donors (Lipinski definition) is 2. The molecule has 1 heterocycles. The summed E-state index contributed by atoms with van der Waals surface area (Å²) in [6, 6.07) is 19.0. The Labute approximate surface area is 145 Å². The lowest BCUT2D eigenvalue weighted by Gasteiger charge is -2.06. The molecule has 1 aromatic heterocycles. The molecular formula is C18H16N4OS. The van der Waals surface area contributed by atoms with Crippen LogP contribution in [0.5, 0.6) is 0 Å². The van der Waals surface area contributed by atoms with Crippen LogP contribution >= 0.6 is 12.2 Å². The molecule has 0 unspecified atom stereocenters. The Morgan fingerprint density at radius 2 is 1.71 bits per heavy atom. The number of carbonyl (C=O) groups is 1. The first-order valence-corrected chi connectivity index (χ1v) is 7.83. The monoisotopic (exact) mass is 336 g/mol. The second-order valence-corrected chi connectivity index (χ2v) is 5.66. The Balaban J connectivity index is 1.75. The first-order valence-electron chi connectivity index (χ1n) is 7.42. The number of benzene rings is 2. The van der Waals surface area contributed by atoms with Gasteiger partial charge in [0.25, 0.3) is 5.91 Å². The van der Waals surface area contributed by atoms with Crippen molar-refractivity contribution in [2.75, 3.05) is 11.1 Å². The molecule has 0 aliphatic heterocycles. The lowest BCUT2D eigenvalue weighted by atomic mass is 10.1. The summed E-state index contributed by atoms with van der Waals surface area (Å²) in [7, 11) is 0. The van der Waals surface area contributed by atoms with E-state index in [1.165, 1.54) is 4.68 Å². The van der Waals surface area contributed by atoms with Crippen LogP contribution in [0.15, 0.2) is 66.9 Å². The van der Waals surface area contributed by atoms with Gasteiger partial charge in [-0.25, -0.2) is 4.68 Å². The van der Waals surface area contributed by atoms with Crippen LogP contribution in [-0.2, 0) is 6.42 Å². The fourth-order valence-electron chi connectivity index (χ4n) is 2.26. The Bertz CT molecular complexity index is 859. The molecule has 0 aliphatic carbocycles. The van der Waals surface area contributed by atoms with Crippen LogP contribution in [0.25, 0.3) is 0 Å². The van der Waals surface area contributed by atoms with Gasteiger partial charge < -0.3 is 11.1 Å². The third-order valence-corrected chi connectivity index (χ3v) is 3.79. The zero-order valence-corrected chi connectivity index (χ0v) is 13.7. The van der Waals surface area contributed by atoms with Crippen LogP contribution in [0.1, 0.15) is 15.9 Å². The maximum absolute atomic E-state index is 12.3. The number of hydrogen-bond acceptors (Lipinski definition) is 4. The molecule has 24 heavy (non-hydrogen) atoms. The van der Waals surface area contributed by atoms with Gasteiger partial charge in [0, 0.05) is 11.9 Å². The molecule has 3 aromatic rings. The summed E-state index contributed by atoms with van der Waals surface area (Å²) in [4.78, 5) is 12.8. The Morgan fingerprint density at radius 1 is 1.08 bits per heavy atom. The first kappa shape index (κ1) is 15.9. The van der Waals surface area contributed by atoms with Gasteiger partial charge in [-0.1, -0.05) is 60.7 Å². The molecule has 2 aromatic carbocycles. The van der Waals surface area contributed by atoms with E-state index < -0.39 is 0 Å². The number of nitrogens with one attached hydrogen (secondary N) is 1. The highest BCUT2D eigenvalue weighted by molar-refractivity contribution is 7.81. The maximum atomic E-state index is 12.3. The SMILES string of the molecule is Nc1nn(C(=O)Cc2ccccc2)cc1C(=S)Nc1ccccc1. The summed E-state index contributed by atoms with van der Waals surface area (Å²) in [6.45, 7) is 0. The van der Waals surface area contributed by atoms with Crippen LogP contribution in [0.3, 0.4) is 0 Å². The molecule has 0 radical (unpaired) electrons. The number of anilines is 2. The largest absolute Gasteiger partial charge is 0.382 e. The fraction of sp³-hybridized carbons (Fsp3) is 0.0556. The van der Waals surface area contributed by atoms with Crippen molar-refractivity contribution < 1.29 is 4.79 Å². The van der Waals surface area contributed by atoms with E-state index in [1.807, 2.05) is 60.7 Å². The maximum Gasteiger partial charge on any atom is 0.251 e. The third kappa shape index (κ3) is 3.67. The van der Waals surface area contributed by atoms with Gasteiger partial charge in [-0.3, -0.25) is 4.79 Å². The van der Waals surface area contributed by atoms with Gasteiger partial charge in [0.15, 0.2) is 5.82 Å². The van der Waals surface area contributed by atoms with E-state index >= 15 is 0 Å². The summed E-state index contributed by atoms with van der Waals surface area (Å²) in [5, 5.41) is 7.17. The predicted octanol–water partition coefficient (Wildman–Crippen LogP) is 3.14. The van der Waals surface area contributed by atoms with E-state index in [0.29, 0.717) is 10.6 Å². The van der Waals surface area contributed by atoms with Crippen LogP contribution in [-0.4, -0.2) is 20.7 Å². The molecule has 3 rings (SSSR count). The summed E-state index contributed by atoms with van der Waals surface area (Å²) in [5.41, 5.74) is 8.22. The molecule has 120 valence electrons. The van der Waals surface area contributed by atoms with Crippen LogP contribution in [0.4, 0.5) is 11.5 Å². The highest BCUT2D eigenvalue weighted by atomic mass is 32.1. The minimum Gasteiger partial charge on any atom is -0.382 e. The third-order valence-electron chi connectivity index (χ3n) is 3.47. The number of nitrogens with two attached hydrogens (primary N) is 1. The molecule has 0 bridgehead atoms. The van der Waals surface area contributed by atoms with Crippen LogP contribution in [0.2, 0.25) is 0 Å². The number of nitrogens with zero attached hydrogens (tertiary/aromatic N) is 2. The summed E-state index contributed by atoms with van der Waals surface area (Å²) in [5.74, 6) is 0.0616. The number of para-hydroxylation sites is 1. The van der Waals surface area contributed by atoms with Crippen LogP contribution < -0.4 is 11.1 Å². The van der Waals surface area contributed by atoms with Gasteiger partial charge in [-0.2, -0.15) is 0 Å². The zero-order valence-electron chi connectivity index (χ0n) is 12.8. The molecule has 0 saturated heterocycles. The average Bonchev–Trinajstić information content (AvgIpc) is 2.99. The quantitative estimate of drug-likeness (QED) is 0.716. The molecule has 0 spiro atoms. The second kappa shape index (κ2) is 7.06. The van der Waals surface area contributed by atoms with E-state index in [-0.39, 0.29) is 18.1 Å². The van der Waals surface area contributed by atoms with Crippen molar-refractivity contribution in [1.82, 2.24) is 9.78 Å². The highest BCUT2D eigenvalue weighted by Crippen LogP contribution is 2.15. The minimum atomic E-state index is -0.165. The summed E-state index contributed by atoms with van der Waals surface area (Å²) >= 11 is 5.36. The van der Waals surface area contributed by atoms with Crippen molar-refractivity contribution in [3.05, 3.63) is 78.0 Å². The van der Waals surface area contributed by atoms with E-state index in [1.54, 1.807) is 6.20 Å². The van der Waals surface area contributed by atoms with Gasteiger partial charge >= 0.3 is 0 Å². The van der Waals surface area contributed by atoms with Gasteiger partial charge in [-0.05, 0) is 17.7 Å². The number of aromatic nitrogens is 2. The van der Waals surface area contributed by atoms with E-state index in [9.17, 15) is 4.79 Å². The van der Waals surface area contributed by atoms with Gasteiger partial charge in [0.05, 0.1) is 12.0 Å². The normalized spacial score (nSPS) is 10.3. The molecule has 0 amide bonds. The molecule has 5 nitrogen and oxygen atoms in total. The lowest BCUT2D eigenvalue weighted by molar-refractivity contribution is 0.0898.